The van der Waals surface area contributed by atoms with Crippen LogP contribution in [0.1, 0.15) is 36.0 Å². The second-order valence-corrected chi connectivity index (χ2v) is 8.29. The molecule has 0 radical (unpaired) electrons. The molecule has 13 heteroatoms. The fourth-order valence-electron chi connectivity index (χ4n) is 3.96. The number of anilines is 1. The van der Waals surface area contributed by atoms with Crippen LogP contribution in [-0.4, -0.2) is 35.7 Å². The Morgan fingerprint density at radius 1 is 0.973 bits per heavy atom. The van der Waals surface area contributed by atoms with Gasteiger partial charge in [-0.05, 0) is 54.8 Å². The Morgan fingerprint density at radius 2 is 1.65 bits per heavy atom. The standard InChI is InChI=1S/C24H19F6N3O4/c1-36-20(35)4-2-3-19(34)33-8-7-13-9-14(5-6-18(13)33)21-31-22(37-32-21)15-10-16(23(25,26)27)12-17(11-15)24(28,29)30/h5-6,9-12H,2-4,7-8H2,1H3. The molecular formula is C24H19F6N3O4. The molecule has 1 aliphatic heterocycles. The van der Waals surface area contributed by atoms with Crippen molar-refractivity contribution in [2.24, 2.45) is 0 Å². The third kappa shape index (κ3) is 5.75. The Kier molecular flexibility index (Phi) is 6.98. The Bertz CT molecular complexity index is 1300. The van der Waals surface area contributed by atoms with Gasteiger partial charge in [-0.25, -0.2) is 0 Å². The number of ether oxygens (including phenoxy) is 1. The van der Waals surface area contributed by atoms with Gasteiger partial charge in [0.05, 0.1) is 18.2 Å². The van der Waals surface area contributed by atoms with E-state index in [1.54, 1.807) is 23.1 Å². The van der Waals surface area contributed by atoms with Crippen molar-refractivity contribution in [2.45, 2.75) is 38.0 Å². The molecule has 0 saturated carbocycles. The molecule has 7 nitrogen and oxygen atoms in total. The fourth-order valence-corrected chi connectivity index (χ4v) is 3.96. The first-order chi connectivity index (χ1) is 17.4. The van der Waals surface area contributed by atoms with Gasteiger partial charge in [0.25, 0.3) is 5.89 Å². The summed E-state index contributed by atoms with van der Waals surface area (Å²) in [7, 11) is 1.27. The number of aromatic nitrogens is 2. The van der Waals surface area contributed by atoms with Gasteiger partial charge in [-0.3, -0.25) is 9.59 Å². The van der Waals surface area contributed by atoms with E-state index in [0.29, 0.717) is 42.8 Å². The summed E-state index contributed by atoms with van der Waals surface area (Å²) in [6, 6.07) is 5.94. The number of benzene rings is 2. The molecular weight excluding hydrogens is 508 g/mol. The Hall–Kier alpha value is -3.90. The van der Waals surface area contributed by atoms with Gasteiger partial charge in [-0.15, -0.1) is 0 Å². The maximum Gasteiger partial charge on any atom is 0.416 e. The highest BCUT2D eigenvalue weighted by Gasteiger charge is 2.37. The SMILES string of the molecule is COC(=O)CCCC(=O)N1CCc2cc(-c3noc(-c4cc(C(F)(F)F)cc(C(F)(F)F)c4)n3)ccc21. The van der Waals surface area contributed by atoms with Gasteiger partial charge in [-0.1, -0.05) is 5.16 Å². The Labute approximate surface area is 206 Å². The van der Waals surface area contributed by atoms with Crippen LogP contribution in [0.2, 0.25) is 0 Å². The lowest BCUT2D eigenvalue weighted by molar-refractivity contribution is -0.143. The molecule has 4 rings (SSSR count). The van der Waals surface area contributed by atoms with Gasteiger partial charge >= 0.3 is 18.3 Å². The van der Waals surface area contributed by atoms with E-state index in [1.165, 1.54) is 7.11 Å². The smallest absolute Gasteiger partial charge is 0.416 e. The van der Waals surface area contributed by atoms with E-state index < -0.39 is 40.9 Å². The molecule has 0 spiro atoms. The first-order valence-electron chi connectivity index (χ1n) is 11.0. The number of amides is 1. The van der Waals surface area contributed by atoms with Crippen molar-refractivity contribution in [1.29, 1.82) is 0 Å². The van der Waals surface area contributed by atoms with Crippen LogP contribution in [0.3, 0.4) is 0 Å². The van der Waals surface area contributed by atoms with Crippen LogP contribution >= 0.6 is 0 Å². The summed E-state index contributed by atoms with van der Waals surface area (Å²) in [4.78, 5) is 29.4. The number of carbonyl (C=O) groups excluding carboxylic acids is 2. The molecule has 0 atom stereocenters. The molecule has 0 bridgehead atoms. The molecule has 0 saturated heterocycles. The number of carbonyl (C=O) groups is 2. The maximum absolute atomic E-state index is 13.2. The van der Waals surface area contributed by atoms with Crippen molar-refractivity contribution in [3.8, 4) is 22.8 Å². The molecule has 0 N–H and O–H groups in total. The molecule has 1 amide bonds. The zero-order valence-corrected chi connectivity index (χ0v) is 19.2. The first-order valence-corrected chi connectivity index (χ1v) is 11.0. The highest BCUT2D eigenvalue weighted by molar-refractivity contribution is 5.96. The molecule has 196 valence electrons. The third-order valence-electron chi connectivity index (χ3n) is 5.79. The van der Waals surface area contributed by atoms with Gasteiger partial charge in [-0.2, -0.15) is 31.3 Å². The number of nitrogens with zero attached hydrogens (tertiary/aromatic N) is 3. The number of halogens is 6. The molecule has 2 aromatic carbocycles. The van der Waals surface area contributed by atoms with Gasteiger partial charge in [0.1, 0.15) is 0 Å². The summed E-state index contributed by atoms with van der Waals surface area (Å²) in [6.07, 6.45) is -8.89. The summed E-state index contributed by atoms with van der Waals surface area (Å²) in [5.41, 5.74) is -1.66. The van der Waals surface area contributed by atoms with E-state index in [4.69, 9.17) is 4.52 Å². The van der Waals surface area contributed by atoms with E-state index in [0.717, 1.165) is 5.56 Å². The molecule has 0 unspecified atom stereocenters. The molecule has 3 aromatic rings. The van der Waals surface area contributed by atoms with Crippen molar-refractivity contribution in [2.75, 3.05) is 18.6 Å². The molecule has 0 aliphatic carbocycles. The van der Waals surface area contributed by atoms with Crippen LogP contribution in [-0.2, 0) is 33.1 Å². The minimum absolute atomic E-state index is 0.0176. The van der Waals surface area contributed by atoms with E-state index in [2.05, 4.69) is 14.9 Å². The van der Waals surface area contributed by atoms with E-state index in [9.17, 15) is 35.9 Å². The number of esters is 1. The topological polar surface area (TPSA) is 85.5 Å². The summed E-state index contributed by atoms with van der Waals surface area (Å²) in [5.74, 6) is -1.11. The quantitative estimate of drug-likeness (QED) is 0.303. The van der Waals surface area contributed by atoms with Crippen LogP contribution in [0.15, 0.2) is 40.9 Å². The predicted molar refractivity (Wildman–Crippen MR) is 117 cm³/mol. The van der Waals surface area contributed by atoms with Gasteiger partial charge in [0.2, 0.25) is 11.7 Å². The minimum atomic E-state index is -5.01. The Balaban J connectivity index is 1.56. The normalized spacial score (nSPS) is 13.5. The molecule has 1 aromatic heterocycles. The average Bonchev–Trinajstić information content (AvgIpc) is 3.49. The lowest BCUT2D eigenvalue weighted by atomic mass is 10.0. The number of rotatable bonds is 6. The summed E-state index contributed by atoms with van der Waals surface area (Å²) in [5, 5.41) is 3.72. The fraction of sp³-hybridized carbons (Fsp3) is 0.333. The van der Waals surface area contributed by atoms with E-state index in [-0.39, 0.29) is 30.6 Å². The van der Waals surface area contributed by atoms with Gasteiger partial charge in [0, 0.05) is 36.2 Å². The lowest BCUT2D eigenvalue weighted by Gasteiger charge is -2.17. The van der Waals surface area contributed by atoms with Crippen LogP contribution in [0, 0.1) is 0 Å². The molecule has 37 heavy (non-hydrogen) atoms. The number of fused-ring (bicyclic) bond motifs is 1. The van der Waals surface area contributed by atoms with E-state index >= 15 is 0 Å². The number of methoxy groups -OCH3 is 1. The molecule has 0 fully saturated rings. The van der Waals surface area contributed by atoms with Crippen LogP contribution < -0.4 is 4.90 Å². The zero-order chi connectivity index (χ0) is 27.0. The molecule has 2 heterocycles. The van der Waals surface area contributed by atoms with Crippen molar-refractivity contribution in [3.05, 3.63) is 53.1 Å². The third-order valence-corrected chi connectivity index (χ3v) is 5.79. The summed E-state index contributed by atoms with van der Waals surface area (Å²) in [6.45, 7) is 0.414. The minimum Gasteiger partial charge on any atom is -0.469 e. The Morgan fingerprint density at radius 3 is 2.27 bits per heavy atom. The second kappa shape index (κ2) is 9.87. The lowest BCUT2D eigenvalue weighted by Crippen LogP contribution is -2.28. The van der Waals surface area contributed by atoms with Crippen molar-refractivity contribution in [1.82, 2.24) is 10.1 Å². The predicted octanol–water partition coefficient (Wildman–Crippen LogP) is 5.67. The monoisotopic (exact) mass is 527 g/mol. The number of alkyl halides is 6. The largest absolute Gasteiger partial charge is 0.469 e. The van der Waals surface area contributed by atoms with Crippen LogP contribution in [0.25, 0.3) is 22.8 Å². The zero-order valence-electron chi connectivity index (χ0n) is 19.2. The highest BCUT2D eigenvalue weighted by atomic mass is 19.4. The number of hydrogen-bond acceptors (Lipinski definition) is 6. The average molecular weight is 527 g/mol. The van der Waals surface area contributed by atoms with Gasteiger partial charge in [0.15, 0.2) is 0 Å². The van der Waals surface area contributed by atoms with E-state index in [1.807, 2.05) is 0 Å². The number of hydrogen-bond donors (Lipinski definition) is 0. The summed E-state index contributed by atoms with van der Waals surface area (Å²) < 4.78 is 88.6. The van der Waals surface area contributed by atoms with Crippen LogP contribution in [0.4, 0.5) is 32.0 Å². The van der Waals surface area contributed by atoms with Gasteiger partial charge < -0.3 is 14.2 Å². The molecule has 1 aliphatic rings. The maximum atomic E-state index is 13.2. The highest BCUT2D eigenvalue weighted by Crippen LogP contribution is 2.39. The van der Waals surface area contributed by atoms with Crippen LogP contribution in [0.5, 0.6) is 0 Å². The first kappa shape index (κ1) is 26.2. The summed E-state index contributed by atoms with van der Waals surface area (Å²) >= 11 is 0. The van der Waals surface area contributed by atoms with Crippen molar-refractivity contribution in [3.63, 3.8) is 0 Å². The van der Waals surface area contributed by atoms with Crippen molar-refractivity contribution < 1.29 is 45.2 Å². The van der Waals surface area contributed by atoms with Crippen molar-refractivity contribution >= 4 is 17.6 Å². The second-order valence-electron chi connectivity index (χ2n) is 8.29.